The third-order valence-electron chi connectivity index (χ3n) is 7.47. The topological polar surface area (TPSA) is 70.0 Å². The van der Waals surface area contributed by atoms with Crippen molar-refractivity contribution in [3.8, 4) is 0 Å². The molecule has 1 saturated heterocycles. The zero-order valence-electron chi connectivity index (χ0n) is 20.0. The number of benzene rings is 1. The van der Waals surface area contributed by atoms with Gasteiger partial charge >= 0.3 is 6.18 Å². The number of likely N-dealkylation sites (N-methyl/N-ethyl adjacent to an activating group) is 1. The molecule has 2 aliphatic heterocycles. The van der Waals surface area contributed by atoms with Crippen LogP contribution in [0.15, 0.2) is 30.3 Å². The number of aromatic nitrogens is 2. The summed E-state index contributed by atoms with van der Waals surface area (Å²) in [5.74, 6) is 0.158. The Labute approximate surface area is 218 Å². The largest absolute Gasteiger partial charge is 0.434 e. The van der Waals surface area contributed by atoms with Crippen molar-refractivity contribution in [2.45, 2.75) is 31.1 Å². The standard InChI is InChI=1S/C25H30Cl2F3N6/c1-36(11-7-16(31)13-36)14-21-23-17(18-12-15(26)2-4-20(18)33-23)6-9-35(21)10-8-32-22-5-3-19(27)24(34-22)25(28,29)30/h2-5,12,16,21,33H,6-11,13-14,31H2,1H3,(H,32,34)/q+1. The van der Waals surface area contributed by atoms with Crippen LogP contribution in [0.2, 0.25) is 10.0 Å². The van der Waals surface area contributed by atoms with Crippen LogP contribution in [0.5, 0.6) is 0 Å². The van der Waals surface area contributed by atoms with E-state index in [9.17, 15) is 13.2 Å². The van der Waals surface area contributed by atoms with Crippen molar-refractivity contribution in [3.05, 3.63) is 57.3 Å². The van der Waals surface area contributed by atoms with Gasteiger partial charge in [0.1, 0.15) is 18.4 Å². The molecular formula is C25H30Cl2F3N6+. The average Bonchev–Trinajstić information content (AvgIpc) is 3.34. The van der Waals surface area contributed by atoms with Gasteiger partial charge in [0.2, 0.25) is 0 Å². The number of halogens is 5. The number of nitrogens with two attached hydrogens (primary N) is 1. The number of hydrogen-bond acceptors (Lipinski definition) is 4. The van der Waals surface area contributed by atoms with Gasteiger partial charge in [0.05, 0.1) is 31.2 Å². The Kier molecular flexibility index (Phi) is 6.89. The highest BCUT2D eigenvalue weighted by atomic mass is 35.5. The summed E-state index contributed by atoms with van der Waals surface area (Å²) in [5.41, 5.74) is 8.75. The average molecular weight is 542 g/mol. The van der Waals surface area contributed by atoms with Crippen molar-refractivity contribution in [1.82, 2.24) is 14.9 Å². The highest BCUT2D eigenvalue weighted by Crippen LogP contribution is 2.38. The van der Waals surface area contributed by atoms with E-state index in [1.807, 2.05) is 18.2 Å². The van der Waals surface area contributed by atoms with E-state index in [1.54, 1.807) is 0 Å². The van der Waals surface area contributed by atoms with Crippen LogP contribution >= 0.6 is 23.2 Å². The molecule has 2 aliphatic rings. The van der Waals surface area contributed by atoms with Crippen molar-refractivity contribution in [2.75, 3.05) is 51.6 Å². The number of pyridine rings is 1. The molecule has 0 saturated carbocycles. The lowest BCUT2D eigenvalue weighted by atomic mass is 9.96. The van der Waals surface area contributed by atoms with Gasteiger partial charge in [-0.3, -0.25) is 4.90 Å². The van der Waals surface area contributed by atoms with E-state index in [0.717, 1.165) is 54.4 Å². The molecule has 3 aromatic rings. The van der Waals surface area contributed by atoms with Gasteiger partial charge in [-0.15, -0.1) is 0 Å². The minimum Gasteiger partial charge on any atom is -0.369 e. The molecule has 0 spiro atoms. The number of nitrogens with zero attached hydrogens (tertiary/aromatic N) is 3. The Hall–Kier alpha value is -2.04. The maximum absolute atomic E-state index is 13.2. The Morgan fingerprint density at radius 1 is 1.25 bits per heavy atom. The number of nitrogens with one attached hydrogen (secondary N) is 2. The summed E-state index contributed by atoms with van der Waals surface area (Å²) in [7, 11) is 2.26. The first-order valence-corrected chi connectivity index (χ1v) is 12.9. The van der Waals surface area contributed by atoms with Crippen LogP contribution in [0.4, 0.5) is 19.0 Å². The SMILES string of the molecule is C[N+]1(CC2c3[nH]c4ccc(Cl)cc4c3CCN2CCNc2ccc(Cl)c(C(F)(F)F)n2)CCC(N)C1. The van der Waals surface area contributed by atoms with E-state index >= 15 is 0 Å². The van der Waals surface area contributed by atoms with Crippen molar-refractivity contribution in [3.63, 3.8) is 0 Å². The fourth-order valence-electron chi connectivity index (χ4n) is 5.74. The fourth-order valence-corrected chi connectivity index (χ4v) is 6.12. The van der Waals surface area contributed by atoms with Crippen LogP contribution in [0.1, 0.15) is 29.4 Å². The zero-order valence-corrected chi connectivity index (χ0v) is 21.5. The van der Waals surface area contributed by atoms with E-state index in [4.69, 9.17) is 28.9 Å². The maximum atomic E-state index is 13.2. The summed E-state index contributed by atoms with van der Waals surface area (Å²) >= 11 is 12.0. The van der Waals surface area contributed by atoms with Gasteiger partial charge in [0.25, 0.3) is 0 Å². The summed E-state index contributed by atoms with van der Waals surface area (Å²) in [6.45, 7) is 4.80. The number of rotatable bonds is 6. The van der Waals surface area contributed by atoms with Crippen LogP contribution < -0.4 is 11.1 Å². The maximum Gasteiger partial charge on any atom is 0.434 e. The number of fused-ring (bicyclic) bond motifs is 3. The summed E-state index contributed by atoms with van der Waals surface area (Å²) in [5, 5.41) is 4.52. The number of anilines is 1. The highest BCUT2D eigenvalue weighted by molar-refractivity contribution is 6.31. The Bertz CT molecular complexity index is 1260. The number of quaternary nitrogens is 1. The van der Waals surface area contributed by atoms with Gasteiger partial charge in [0.15, 0.2) is 5.69 Å². The van der Waals surface area contributed by atoms with Crippen LogP contribution in [0, 0.1) is 0 Å². The highest BCUT2D eigenvalue weighted by Gasteiger charge is 2.40. The van der Waals surface area contributed by atoms with Gasteiger partial charge in [-0.25, -0.2) is 4.98 Å². The second kappa shape index (κ2) is 9.68. The van der Waals surface area contributed by atoms with Gasteiger partial charge in [-0.1, -0.05) is 23.2 Å². The minimum atomic E-state index is -4.60. The summed E-state index contributed by atoms with van der Waals surface area (Å²) in [4.78, 5) is 9.75. The van der Waals surface area contributed by atoms with E-state index in [1.165, 1.54) is 23.4 Å². The van der Waals surface area contributed by atoms with Gasteiger partial charge in [0, 0.05) is 47.7 Å². The number of aromatic amines is 1. The lowest BCUT2D eigenvalue weighted by molar-refractivity contribution is -0.900. The second-order valence-corrected chi connectivity index (χ2v) is 11.1. The zero-order chi connectivity index (χ0) is 25.7. The molecule has 0 radical (unpaired) electrons. The summed E-state index contributed by atoms with van der Waals surface area (Å²) in [6, 6.07) is 8.97. The molecule has 3 unspecified atom stereocenters. The molecule has 4 N–H and O–H groups in total. The first-order chi connectivity index (χ1) is 17.0. The molecule has 0 aliphatic carbocycles. The normalized spacial score (nSPS) is 24.9. The monoisotopic (exact) mass is 541 g/mol. The molecule has 6 nitrogen and oxygen atoms in total. The van der Waals surface area contributed by atoms with Crippen molar-refractivity contribution in [1.29, 1.82) is 0 Å². The second-order valence-electron chi connectivity index (χ2n) is 10.2. The molecule has 1 aromatic carbocycles. The van der Waals surface area contributed by atoms with E-state index in [-0.39, 0.29) is 17.9 Å². The Morgan fingerprint density at radius 2 is 2.06 bits per heavy atom. The van der Waals surface area contributed by atoms with Gasteiger partial charge in [-0.05, 0) is 42.3 Å². The quantitative estimate of drug-likeness (QED) is 0.381. The third kappa shape index (κ3) is 5.17. The Balaban J connectivity index is 1.37. The fraction of sp³-hybridized carbons (Fsp3) is 0.480. The molecular weight excluding hydrogens is 512 g/mol. The van der Waals surface area contributed by atoms with Gasteiger partial charge < -0.3 is 20.5 Å². The van der Waals surface area contributed by atoms with Crippen LogP contribution in [0.3, 0.4) is 0 Å². The van der Waals surface area contributed by atoms with E-state index in [2.05, 4.69) is 27.2 Å². The lowest BCUT2D eigenvalue weighted by Gasteiger charge is -2.41. The van der Waals surface area contributed by atoms with Crippen molar-refractivity contribution >= 4 is 39.9 Å². The van der Waals surface area contributed by atoms with Gasteiger partial charge in [-0.2, -0.15) is 13.2 Å². The molecule has 0 amide bonds. The number of H-pyrrole nitrogens is 1. The lowest BCUT2D eigenvalue weighted by Crippen LogP contribution is -2.51. The predicted octanol–water partition coefficient (Wildman–Crippen LogP) is 5.08. The van der Waals surface area contributed by atoms with E-state index in [0.29, 0.717) is 18.1 Å². The summed E-state index contributed by atoms with van der Waals surface area (Å²) in [6.07, 6.45) is -2.73. The molecule has 5 rings (SSSR count). The Morgan fingerprint density at radius 3 is 2.78 bits per heavy atom. The molecule has 194 valence electrons. The molecule has 1 fully saturated rings. The molecule has 0 bridgehead atoms. The van der Waals surface area contributed by atoms with Crippen molar-refractivity contribution in [2.24, 2.45) is 5.73 Å². The molecule has 3 atom stereocenters. The minimum absolute atomic E-state index is 0.126. The van der Waals surface area contributed by atoms with Crippen LogP contribution in [-0.2, 0) is 12.6 Å². The molecule has 11 heteroatoms. The van der Waals surface area contributed by atoms with Crippen LogP contribution in [0.25, 0.3) is 10.9 Å². The number of likely N-dealkylation sites (tertiary alicyclic amines) is 1. The smallest absolute Gasteiger partial charge is 0.369 e. The number of alkyl halides is 3. The first-order valence-electron chi connectivity index (χ1n) is 12.1. The first kappa shape index (κ1) is 25.6. The molecule has 2 aromatic heterocycles. The molecule has 36 heavy (non-hydrogen) atoms. The molecule has 4 heterocycles. The number of hydrogen-bond donors (Lipinski definition) is 3. The van der Waals surface area contributed by atoms with Crippen LogP contribution in [-0.4, -0.2) is 71.7 Å². The van der Waals surface area contributed by atoms with Crippen molar-refractivity contribution < 1.29 is 17.7 Å². The predicted molar refractivity (Wildman–Crippen MR) is 137 cm³/mol. The summed E-state index contributed by atoms with van der Waals surface area (Å²) < 4.78 is 40.5. The third-order valence-corrected chi connectivity index (χ3v) is 8.01. The van der Waals surface area contributed by atoms with E-state index < -0.39 is 16.9 Å².